The largest absolute Gasteiger partial charge is 0.506 e. The third kappa shape index (κ3) is 2.87. The number of rotatable bonds is 3. The Morgan fingerprint density at radius 1 is 1.10 bits per heavy atom. The molecule has 0 aliphatic heterocycles. The summed E-state index contributed by atoms with van der Waals surface area (Å²) in [4.78, 5) is 35.7. The second kappa shape index (κ2) is 6.75. The zero-order valence-electron chi connectivity index (χ0n) is 15.0. The van der Waals surface area contributed by atoms with Gasteiger partial charge in [-0.3, -0.25) is 14.9 Å². The third-order valence-electron chi connectivity index (χ3n) is 4.60. The lowest BCUT2D eigenvalue weighted by Crippen LogP contribution is -2.08. The summed E-state index contributed by atoms with van der Waals surface area (Å²) in [5.74, 6) is -1.22. The predicted octanol–water partition coefficient (Wildman–Crippen LogP) is 4.01. The summed E-state index contributed by atoms with van der Waals surface area (Å²) < 4.78 is 10.6. The van der Waals surface area contributed by atoms with Gasteiger partial charge in [0.05, 0.1) is 28.4 Å². The van der Waals surface area contributed by atoms with Crippen LogP contribution in [0.2, 0.25) is 0 Å². The van der Waals surface area contributed by atoms with E-state index in [1.807, 2.05) is 0 Å². The number of hydrogen-bond acceptors (Lipinski definition) is 7. The molecule has 0 saturated heterocycles. The Hall–Kier alpha value is -4.20. The molecule has 0 bridgehead atoms. The van der Waals surface area contributed by atoms with Crippen molar-refractivity contribution in [2.24, 2.45) is 0 Å². The number of aromatic hydroxyl groups is 1. The van der Waals surface area contributed by atoms with E-state index in [1.54, 1.807) is 30.3 Å². The summed E-state index contributed by atoms with van der Waals surface area (Å²) in [5.41, 5.74) is -0.183. The van der Waals surface area contributed by atoms with E-state index in [-0.39, 0.29) is 44.5 Å². The van der Waals surface area contributed by atoms with E-state index in [9.17, 15) is 24.8 Å². The second-order valence-corrected chi connectivity index (χ2v) is 6.25. The van der Waals surface area contributed by atoms with Gasteiger partial charge >= 0.3 is 5.97 Å². The van der Waals surface area contributed by atoms with Crippen LogP contribution in [-0.4, -0.2) is 23.1 Å². The summed E-state index contributed by atoms with van der Waals surface area (Å²) in [5, 5.41) is 21.8. The molecule has 0 atom stereocenters. The molecule has 8 heteroatoms. The van der Waals surface area contributed by atoms with E-state index >= 15 is 0 Å². The van der Waals surface area contributed by atoms with Crippen LogP contribution >= 0.6 is 0 Å². The van der Waals surface area contributed by atoms with E-state index in [2.05, 4.69) is 0 Å². The number of phenols is 1. The highest BCUT2D eigenvalue weighted by molar-refractivity contribution is 6.07. The van der Waals surface area contributed by atoms with Crippen LogP contribution in [-0.2, 0) is 4.74 Å². The third-order valence-corrected chi connectivity index (χ3v) is 4.60. The van der Waals surface area contributed by atoms with Crippen molar-refractivity contribution < 1.29 is 24.0 Å². The van der Waals surface area contributed by atoms with Crippen molar-refractivity contribution in [3.8, 4) is 16.9 Å². The van der Waals surface area contributed by atoms with Crippen LogP contribution in [0.15, 0.2) is 63.8 Å². The van der Waals surface area contributed by atoms with Gasteiger partial charge in [0.2, 0.25) is 5.43 Å². The average molecular weight is 391 g/mol. The van der Waals surface area contributed by atoms with Crippen molar-refractivity contribution in [2.45, 2.75) is 0 Å². The SMILES string of the molecule is COC(=O)c1cc2c(=O)c3cc([N+](=O)[O-])ccc3oc2c(-c2ccccc2)c1O. The molecule has 1 N–H and O–H groups in total. The number of nitro benzene ring substituents is 1. The van der Waals surface area contributed by atoms with Crippen molar-refractivity contribution >= 4 is 33.6 Å². The minimum absolute atomic E-state index is 0.00458. The summed E-state index contributed by atoms with van der Waals surface area (Å²) >= 11 is 0. The number of ether oxygens (including phenoxy) is 1. The van der Waals surface area contributed by atoms with Crippen molar-refractivity contribution in [1.29, 1.82) is 0 Å². The average Bonchev–Trinajstić information content (AvgIpc) is 2.73. The van der Waals surface area contributed by atoms with Crippen molar-refractivity contribution in [1.82, 2.24) is 0 Å². The smallest absolute Gasteiger partial charge is 0.341 e. The van der Waals surface area contributed by atoms with Gasteiger partial charge in [-0.15, -0.1) is 0 Å². The fourth-order valence-electron chi connectivity index (χ4n) is 3.22. The first-order valence-electron chi connectivity index (χ1n) is 8.47. The van der Waals surface area contributed by atoms with E-state index in [0.29, 0.717) is 5.56 Å². The van der Waals surface area contributed by atoms with Crippen LogP contribution in [0, 0.1) is 10.1 Å². The normalized spacial score (nSPS) is 10.9. The predicted molar refractivity (Wildman–Crippen MR) is 105 cm³/mol. The Balaban J connectivity index is 2.20. The van der Waals surface area contributed by atoms with Crippen molar-refractivity contribution in [3.05, 3.63) is 80.5 Å². The Bertz CT molecular complexity index is 1360. The number of methoxy groups -OCH3 is 1. The van der Waals surface area contributed by atoms with Crippen LogP contribution in [0.1, 0.15) is 10.4 Å². The molecular formula is C21H13NO7. The first kappa shape index (κ1) is 18.2. The highest BCUT2D eigenvalue weighted by Crippen LogP contribution is 2.40. The maximum absolute atomic E-state index is 13.1. The Morgan fingerprint density at radius 2 is 1.83 bits per heavy atom. The lowest BCUT2D eigenvalue weighted by Gasteiger charge is -2.12. The Labute approximate surface area is 162 Å². The van der Waals surface area contributed by atoms with E-state index in [0.717, 1.165) is 13.2 Å². The zero-order chi connectivity index (χ0) is 20.7. The quantitative estimate of drug-likeness (QED) is 0.242. The molecule has 0 amide bonds. The highest BCUT2D eigenvalue weighted by Gasteiger charge is 2.24. The van der Waals surface area contributed by atoms with Gasteiger partial charge in [-0.05, 0) is 17.7 Å². The maximum Gasteiger partial charge on any atom is 0.341 e. The maximum atomic E-state index is 13.1. The van der Waals surface area contributed by atoms with Gasteiger partial charge in [-0.25, -0.2) is 4.79 Å². The van der Waals surface area contributed by atoms with Gasteiger partial charge in [0.1, 0.15) is 22.5 Å². The first-order valence-corrected chi connectivity index (χ1v) is 8.47. The molecule has 4 rings (SSSR count). The minimum atomic E-state index is -0.833. The number of benzene rings is 3. The molecule has 3 aromatic carbocycles. The number of esters is 1. The van der Waals surface area contributed by atoms with E-state index in [1.165, 1.54) is 18.2 Å². The van der Waals surface area contributed by atoms with Gasteiger partial charge in [-0.1, -0.05) is 30.3 Å². The summed E-state index contributed by atoms with van der Waals surface area (Å²) in [6.45, 7) is 0. The van der Waals surface area contributed by atoms with Gasteiger partial charge in [0.15, 0.2) is 0 Å². The van der Waals surface area contributed by atoms with E-state index < -0.39 is 16.3 Å². The molecule has 144 valence electrons. The Morgan fingerprint density at radius 3 is 2.48 bits per heavy atom. The molecular weight excluding hydrogens is 378 g/mol. The van der Waals surface area contributed by atoms with Crippen molar-refractivity contribution in [3.63, 3.8) is 0 Å². The number of phenolic OH excluding ortho intramolecular Hbond substituents is 1. The van der Waals surface area contributed by atoms with Crippen LogP contribution in [0.25, 0.3) is 33.1 Å². The number of hydrogen-bond donors (Lipinski definition) is 1. The summed E-state index contributed by atoms with van der Waals surface area (Å²) in [6, 6.07) is 13.5. The summed E-state index contributed by atoms with van der Waals surface area (Å²) in [6.07, 6.45) is 0. The molecule has 8 nitrogen and oxygen atoms in total. The molecule has 0 radical (unpaired) electrons. The molecule has 0 aliphatic carbocycles. The molecule has 0 spiro atoms. The fraction of sp³-hybridized carbons (Fsp3) is 0.0476. The molecule has 1 aromatic heterocycles. The van der Waals surface area contributed by atoms with Crippen LogP contribution in [0.4, 0.5) is 5.69 Å². The topological polar surface area (TPSA) is 120 Å². The van der Waals surface area contributed by atoms with Gasteiger partial charge in [0.25, 0.3) is 5.69 Å². The van der Waals surface area contributed by atoms with Crippen molar-refractivity contribution in [2.75, 3.05) is 7.11 Å². The molecule has 0 aliphatic rings. The monoisotopic (exact) mass is 391 g/mol. The lowest BCUT2D eigenvalue weighted by atomic mass is 9.97. The number of nitro groups is 1. The minimum Gasteiger partial charge on any atom is -0.506 e. The lowest BCUT2D eigenvalue weighted by molar-refractivity contribution is -0.384. The molecule has 0 saturated carbocycles. The van der Waals surface area contributed by atoms with Gasteiger partial charge < -0.3 is 14.3 Å². The zero-order valence-corrected chi connectivity index (χ0v) is 15.0. The Kier molecular flexibility index (Phi) is 4.23. The number of fused-ring (bicyclic) bond motifs is 2. The number of nitrogens with zero attached hydrogens (tertiary/aromatic N) is 1. The molecule has 29 heavy (non-hydrogen) atoms. The fourth-order valence-corrected chi connectivity index (χ4v) is 3.22. The van der Waals surface area contributed by atoms with Crippen LogP contribution in [0.3, 0.4) is 0 Å². The van der Waals surface area contributed by atoms with E-state index in [4.69, 9.17) is 9.15 Å². The first-order chi connectivity index (χ1) is 13.9. The van der Waals surface area contributed by atoms with Crippen LogP contribution < -0.4 is 5.43 Å². The van der Waals surface area contributed by atoms with Gasteiger partial charge in [-0.2, -0.15) is 0 Å². The molecule has 0 unspecified atom stereocenters. The highest BCUT2D eigenvalue weighted by atomic mass is 16.6. The molecule has 1 heterocycles. The molecule has 0 fully saturated rings. The number of carbonyl (C=O) groups is 1. The van der Waals surface area contributed by atoms with Crippen LogP contribution in [0.5, 0.6) is 5.75 Å². The number of carbonyl (C=O) groups excluding carboxylic acids is 1. The second-order valence-electron chi connectivity index (χ2n) is 6.25. The molecule has 4 aromatic rings. The standard InChI is InChI=1S/C21H13NO7/c1-28-21(25)15-10-14-18(23)13-9-12(22(26)27)7-8-16(13)29-20(14)17(19(15)24)11-5-3-2-4-6-11/h2-10,24H,1H3. The summed E-state index contributed by atoms with van der Waals surface area (Å²) in [7, 11) is 1.15. The van der Waals surface area contributed by atoms with Gasteiger partial charge in [0, 0.05) is 12.1 Å². The number of non-ortho nitro benzene ring substituents is 1.